The van der Waals surface area contributed by atoms with Gasteiger partial charge in [0.05, 0.1) is 6.04 Å². The molecule has 2 aromatic rings. The molecule has 0 bridgehead atoms. The molecular formula is C25H33N3O2. The van der Waals surface area contributed by atoms with Crippen LogP contribution in [0.3, 0.4) is 0 Å². The molecule has 1 unspecified atom stereocenters. The Bertz CT molecular complexity index is 834. The third-order valence-electron chi connectivity index (χ3n) is 6.17. The molecule has 5 heteroatoms. The average molecular weight is 408 g/mol. The SMILES string of the molecule is CCCN(C(=O)OCc1ccccc1)C1CCCc2ccc(N3CCNCC3)cc21. The lowest BCUT2D eigenvalue weighted by Crippen LogP contribution is -2.43. The number of hydrogen-bond acceptors (Lipinski definition) is 4. The molecule has 0 aromatic heterocycles. The summed E-state index contributed by atoms with van der Waals surface area (Å²) in [6.45, 7) is 7.26. The molecule has 2 aromatic carbocycles. The van der Waals surface area contributed by atoms with E-state index in [1.807, 2.05) is 35.2 Å². The van der Waals surface area contributed by atoms with E-state index in [1.165, 1.54) is 16.8 Å². The monoisotopic (exact) mass is 407 g/mol. The van der Waals surface area contributed by atoms with Crippen molar-refractivity contribution in [3.8, 4) is 0 Å². The van der Waals surface area contributed by atoms with Crippen molar-refractivity contribution in [2.75, 3.05) is 37.6 Å². The first-order valence-electron chi connectivity index (χ1n) is 11.3. The van der Waals surface area contributed by atoms with E-state index in [0.29, 0.717) is 6.61 Å². The highest BCUT2D eigenvalue weighted by atomic mass is 16.6. The normalized spacial score (nSPS) is 18.6. The summed E-state index contributed by atoms with van der Waals surface area (Å²) in [6.07, 6.45) is 3.91. The molecule has 160 valence electrons. The van der Waals surface area contributed by atoms with Crippen LogP contribution in [0.15, 0.2) is 48.5 Å². The minimum absolute atomic E-state index is 0.0971. The predicted octanol–water partition coefficient (Wildman–Crippen LogP) is 4.52. The van der Waals surface area contributed by atoms with Crippen LogP contribution in [0.4, 0.5) is 10.5 Å². The van der Waals surface area contributed by atoms with Gasteiger partial charge in [-0.1, -0.05) is 43.3 Å². The molecule has 1 N–H and O–H groups in total. The van der Waals surface area contributed by atoms with Crippen molar-refractivity contribution in [2.24, 2.45) is 0 Å². The molecule has 0 saturated carbocycles. The number of nitrogens with one attached hydrogen (secondary N) is 1. The van der Waals surface area contributed by atoms with E-state index in [4.69, 9.17) is 4.74 Å². The zero-order valence-corrected chi connectivity index (χ0v) is 18.0. The number of nitrogens with zero attached hydrogens (tertiary/aromatic N) is 2. The van der Waals surface area contributed by atoms with E-state index < -0.39 is 0 Å². The van der Waals surface area contributed by atoms with Gasteiger partial charge < -0.3 is 19.9 Å². The van der Waals surface area contributed by atoms with Crippen LogP contribution in [-0.2, 0) is 17.8 Å². The fourth-order valence-corrected chi connectivity index (χ4v) is 4.62. The van der Waals surface area contributed by atoms with E-state index in [0.717, 1.165) is 64.0 Å². The molecule has 2 aliphatic rings. The average Bonchev–Trinajstić information content (AvgIpc) is 2.81. The summed E-state index contributed by atoms with van der Waals surface area (Å²) in [5.74, 6) is 0. The molecule has 30 heavy (non-hydrogen) atoms. The predicted molar refractivity (Wildman–Crippen MR) is 121 cm³/mol. The summed E-state index contributed by atoms with van der Waals surface area (Å²) in [7, 11) is 0. The Balaban J connectivity index is 1.54. The maximum Gasteiger partial charge on any atom is 0.410 e. The fourth-order valence-electron chi connectivity index (χ4n) is 4.62. The van der Waals surface area contributed by atoms with Crippen LogP contribution in [-0.4, -0.2) is 43.7 Å². The number of carbonyl (C=O) groups is 1. The van der Waals surface area contributed by atoms with E-state index >= 15 is 0 Å². The summed E-state index contributed by atoms with van der Waals surface area (Å²) in [4.78, 5) is 17.5. The van der Waals surface area contributed by atoms with Gasteiger partial charge in [-0.25, -0.2) is 4.79 Å². The van der Waals surface area contributed by atoms with Crippen molar-refractivity contribution in [3.05, 3.63) is 65.2 Å². The molecule has 0 radical (unpaired) electrons. The van der Waals surface area contributed by atoms with Crippen molar-refractivity contribution >= 4 is 11.8 Å². The van der Waals surface area contributed by atoms with Crippen LogP contribution >= 0.6 is 0 Å². The molecule has 1 fully saturated rings. The van der Waals surface area contributed by atoms with Crippen LogP contribution in [0.5, 0.6) is 0 Å². The smallest absolute Gasteiger partial charge is 0.410 e. The van der Waals surface area contributed by atoms with Gasteiger partial charge in [0.25, 0.3) is 0 Å². The van der Waals surface area contributed by atoms with Gasteiger partial charge in [-0.2, -0.15) is 0 Å². The van der Waals surface area contributed by atoms with E-state index in [2.05, 4.69) is 35.3 Å². The molecule has 1 saturated heterocycles. The lowest BCUT2D eigenvalue weighted by atomic mass is 9.86. The van der Waals surface area contributed by atoms with Gasteiger partial charge in [0, 0.05) is 38.4 Å². The topological polar surface area (TPSA) is 44.8 Å². The number of benzene rings is 2. The Labute approximate surface area is 180 Å². The zero-order valence-electron chi connectivity index (χ0n) is 18.0. The van der Waals surface area contributed by atoms with Crippen LogP contribution < -0.4 is 10.2 Å². The maximum atomic E-state index is 13.1. The summed E-state index contributed by atoms with van der Waals surface area (Å²) in [5.41, 5.74) is 4.98. The van der Waals surface area contributed by atoms with Crippen molar-refractivity contribution in [1.82, 2.24) is 10.2 Å². The number of hydrogen-bond donors (Lipinski definition) is 1. The molecule has 4 rings (SSSR count). The minimum atomic E-state index is -0.203. The van der Waals surface area contributed by atoms with Crippen LogP contribution in [0.1, 0.15) is 48.9 Å². The second-order valence-electron chi connectivity index (χ2n) is 8.26. The summed E-state index contributed by atoms with van der Waals surface area (Å²) in [5, 5.41) is 3.42. The second-order valence-corrected chi connectivity index (χ2v) is 8.26. The van der Waals surface area contributed by atoms with Gasteiger partial charge in [-0.05, 0) is 54.5 Å². The highest BCUT2D eigenvalue weighted by molar-refractivity contribution is 5.69. The number of amides is 1. The molecule has 1 atom stereocenters. The third kappa shape index (κ3) is 4.78. The van der Waals surface area contributed by atoms with E-state index in [-0.39, 0.29) is 12.1 Å². The Morgan fingerprint density at radius 3 is 2.73 bits per heavy atom. The van der Waals surface area contributed by atoms with E-state index in [1.54, 1.807) is 0 Å². The lowest BCUT2D eigenvalue weighted by Gasteiger charge is -2.37. The van der Waals surface area contributed by atoms with Crippen LogP contribution in [0, 0.1) is 0 Å². The lowest BCUT2D eigenvalue weighted by molar-refractivity contribution is 0.0763. The quantitative estimate of drug-likeness (QED) is 0.765. The number of rotatable bonds is 6. The Morgan fingerprint density at radius 2 is 1.97 bits per heavy atom. The molecule has 1 aliphatic heterocycles. The number of fused-ring (bicyclic) bond motifs is 1. The van der Waals surface area contributed by atoms with Gasteiger partial charge in [0.15, 0.2) is 0 Å². The molecule has 0 spiro atoms. The Kier molecular flexibility index (Phi) is 6.90. The first-order chi connectivity index (χ1) is 14.8. The number of ether oxygens (including phenoxy) is 1. The maximum absolute atomic E-state index is 13.1. The van der Waals surface area contributed by atoms with Gasteiger partial charge in [0.2, 0.25) is 0 Å². The van der Waals surface area contributed by atoms with Gasteiger partial charge >= 0.3 is 6.09 Å². The molecule has 1 aliphatic carbocycles. The number of aryl methyl sites for hydroxylation is 1. The summed E-state index contributed by atoms with van der Waals surface area (Å²) >= 11 is 0. The molecule has 1 amide bonds. The van der Waals surface area contributed by atoms with E-state index in [9.17, 15) is 4.79 Å². The first-order valence-corrected chi connectivity index (χ1v) is 11.3. The van der Waals surface area contributed by atoms with Gasteiger partial charge in [0.1, 0.15) is 6.61 Å². The highest BCUT2D eigenvalue weighted by Gasteiger charge is 2.30. The molecular weight excluding hydrogens is 374 g/mol. The van der Waals surface area contributed by atoms with Crippen molar-refractivity contribution in [3.63, 3.8) is 0 Å². The van der Waals surface area contributed by atoms with Crippen molar-refractivity contribution < 1.29 is 9.53 Å². The highest BCUT2D eigenvalue weighted by Crippen LogP contribution is 2.37. The van der Waals surface area contributed by atoms with Gasteiger partial charge in [-0.15, -0.1) is 0 Å². The minimum Gasteiger partial charge on any atom is -0.445 e. The van der Waals surface area contributed by atoms with Crippen LogP contribution in [0.2, 0.25) is 0 Å². The standard InChI is InChI=1S/C25H33N3O2/c1-2-15-28(25(29)30-19-20-7-4-3-5-8-20)24-10-6-9-21-11-12-22(18-23(21)24)27-16-13-26-14-17-27/h3-5,7-8,11-12,18,24,26H,2,6,9-10,13-17,19H2,1H3. The Hall–Kier alpha value is -2.53. The Morgan fingerprint density at radius 1 is 1.17 bits per heavy atom. The van der Waals surface area contributed by atoms with Gasteiger partial charge in [-0.3, -0.25) is 0 Å². The zero-order chi connectivity index (χ0) is 20.8. The number of piperazine rings is 1. The summed E-state index contributed by atoms with van der Waals surface area (Å²) in [6, 6.07) is 16.9. The first kappa shape index (κ1) is 20.7. The summed E-state index contributed by atoms with van der Waals surface area (Å²) < 4.78 is 5.73. The van der Waals surface area contributed by atoms with Crippen LogP contribution in [0.25, 0.3) is 0 Å². The molecule has 5 nitrogen and oxygen atoms in total. The third-order valence-corrected chi connectivity index (χ3v) is 6.17. The number of anilines is 1. The van der Waals surface area contributed by atoms with Crippen molar-refractivity contribution in [1.29, 1.82) is 0 Å². The fraction of sp³-hybridized carbons (Fsp3) is 0.480. The number of carbonyl (C=O) groups excluding carboxylic acids is 1. The largest absolute Gasteiger partial charge is 0.445 e. The van der Waals surface area contributed by atoms with Crippen molar-refractivity contribution in [2.45, 2.75) is 45.3 Å². The second kappa shape index (κ2) is 9.98. The molecule has 1 heterocycles.